The summed E-state index contributed by atoms with van der Waals surface area (Å²) in [4.78, 5) is 52.8. The van der Waals surface area contributed by atoms with Gasteiger partial charge in [0.05, 0.1) is 5.56 Å². The maximum atomic E-state index is 12.3. The van der Waals surface area contributed by atoms with Crippen molar-refractivity contribution in [3.8, 4) is 0 Å². The van der Waals surface area contributed by atoms with Crippen molar-refractivity contribution in [2.24, 2.45) is 5.92 Å². The summed E-state index contributed by atoms with van der Waals surface area (Å²) in [5, 5.41) is 26.5. The Labute approximate surface area is 182 Å². The van der Waals surface area contributed by atoms with Crippen LogP contribution in [0.15, 0.2) is 29.1 Å². The van der Waals surface area contributed by atoms with Gasteiger partial charge in [-0.15, -0.1) is 0 Å². The topological polar surface area (TPSA) is 200 Å². The van der Waals surface area contributed by atoms with Crippen molar-refractivity contribution in [3.63, 3.8) is 0 Å². The maximum absolute atomic E-state index is 12.3. The molecule has 1 aromatic heterocycles. The molecule has 170 valence electrons. The lowest BCUT2D eigenvalue weighted by molar-refractivity contribution is -0.140. The second-order valence-electron chi connectivity index (χ2n) is 7.48. The van der Waals surface area contributed by atoms with Gasteiger partial charge in [-0.05, 0) is 43.0 Å². The first kappa shape index (κ1) is 22.6. The minimum absolute atomic E-state index is 0.0681. The number of nitrogen functional groups attached to an aromatic ring is 1. The lowest BCUT2D eigenvalue weighted by Gasteiger charge is -2.25. The molecule has 0 fully saturated rings. The average Bonchev–Trinajstić information content (AvgIpc) is 2.75. The zero-order valence-corrected chi connectivity index (χ0v) is 17.1. The number of anilines is 3. The number of carboxylic acid groups (broad SMARTS) is 2. The summed E-state index contributed by atoms with van der Waals surface area (Å²) < 4.78 is 0. The molecule has 1 aromatic carbocycles. The second kappa shape index (κ2) is 9.81. The van der Waals surface area contributed by atoms with Crippen LogP contribution < -0.4 is 27.2 Å². The fraction of sp³-hybridized carbons (Fsp3) is 0.350. The van der Waals surface area contributed by atoms with Crippen LogP contribution in [0.4, 0.5) is 17.5 Å². The largest absolute Gasteiger partial charge is 0.481 e. The van der Waals surface area contributed by atoms with Gasteiger partial charge in [-0.3, -0.25) is 19.4 Å². The van der Waals surface area contributed by atoms with Gasteiger partial charge >= 0.3 is 11.9 Å². The molecular formula is C20H24N6O6. The zero-order valence-electron chi connectivity index (χ0n) is 17.1. The summed E-state index contributed by atoms with van der Waals surface area (Å²) in [5.41, 5.74) is 6.85. The fourth-order valence-electron chi connectivity index (χ4n) is 3.37. The first-order chi connectivity index (χ1) is 15.2. The third kappa shape index (κ3) is 5.74. The number of carboxylic acids is 2. The summed E-state index contributed by atoms with van der Waals surface area (Å²) in [6.45, 7) is 1.18. The Morgan fingerprint density at radius 2 is 1.94 bits per heavy atom. The van der Waals surface area contributed by atoms with Gasteiger partial charge in [0.1, 0.15) is 11.9 Å². The number of aromatic amines is 1. The van der Waals surface area contributed by atoms with Gasteiger partial charge in [0.15, 0.2) is 0 Å². The second-order valence-corrected chi connectivity index (χ2v) is 7.48. The van der Waals surface area contributed by atoms with Crippen LogP contribution in [0.5, 0.6) is 0 Å². The predicted octanol–water partition coefficient (Wildman–Crippen LogP) is 0.0962. The number of aromatic nitrogens is 2. The molecule has 3 rings (SSSR count). The van der Waals surface area contributed by atoms with Crippen LogP contribution in [0.1, 0.15) is 28.8 Å². The molecule has 1 aliphatic rings. The molecule has 2 aromatic rings. The SMILES string of the molecule is Nc1nc2c(c(=O)[nH]1)CC(CNc1ccc(C(=O)NC(CCC(=O)O)C(=O)O)cc1)CN2. The molecule has 0 spiro atoms. The highest BCUT2D eigenvalue weighted by atomic mass is 16.4. The Morgan fingerprint density at radius 1 is 1.22 bits per heavy atom. The number of fused-ring (bicyclic) bond motifs is 1. The number of nitrogens with two attached hydrogens (primary N) is 1. The van der Waals surface area contributed by atoms with Gasteiger partial charge < -0.3 is 31.9 Å². The average molecular weight is 444 g/mol. The van der Waals surface area contributed by atoms with E-state index in [9.17, 15) is 19.2 Å². The number of H-pyrrole nitrogens is 1. The normalized spacial score (nSPS) is 15.7. The summed E-state index contributed by atoms with van der Waals surface area (Å²) in [7, 11) is 0. The number of nitrogens with zero attached hydrogens (tertiary/aromatic N) is 1. The van der Waals surface area contributed by atoms with E-state index < -0.39 is 23.9 Å². The van der Waals surface area contributed by atoms with Gasteiger partial charge in [-0.1, -0.05) is 0 Å². The highest BCUT2D eigenvalue weighted by molar-refractivity contribution is 5.96. The molecule has 0 bridgehead atoms. The molecule has 0 saturated heterocycles. The van der Waals surface area contributed by atoms with Crippen molar-refractivity contribution in [2.75, 3.05) is 29.5 Å². The summed E-state index contributed by atoms with van der Waals surface area (Å²) in [5.74, 6) is -2.34. The van der Waals surface area contributed by atoms with Crippen LogP contribution in [0.25, 0.3) is 0 Å². The van der Waals surface area contributed by atoms with Crippen molar-refractivity contribution >= 4 is 35.3 Å². The van der Waals surface area contributed by atoms with Crippen LogP contribution in [0, 0.1) is 5.92 Å². The van der Waals surface area contributed by atoms with Crippen LogP contribution in [0.2, 0.25) is 0 Å². The predicted molar refractivity (Wildman–Crippen MR) is 116 cm³/mol. The smallest absolute Gasteiger partial charge is 0.326 e. The van der Waals surface area contributed by atoms with Crippen molar-refractivity contribution in [1.29, 1.82) is 0 Å². The summed E-state index contributed by atoms with van der Waals surface area (Å²) in [6.07, 6.45) is -0.0409. The molecule has 0 aliphatic carbocycles. The van der Waals surface area contributed by atoms with E-state index in [2.05, 4.69) is 25.9 Å². The monoisotopic (exact) mass is 444 g/mol. The Kier molecular flexibility index (Phi) is 6.93. The molecule has 2 atom stereocenters. The molecule has 8 N–H and O–H groups in total. The standard InChI is InChI=1S/C20H24N6O6/c21-20-25-16-13(18(30)26-20)7-10(9-23-16)8-22-12-3-1-11(2-4-12)17(29)24-14(19(31)32)5-6-15(27)28/h1-4,10,14,22H,5-9H2,(H,24,29)(H,27,28)(H,31,32)(H4,21,23,25,26,30). The highest BCUT2D eigenvalue weighted by Gasteiger charge is 2.23. The Morgan fingerprint density at radius 3 is 2.59 bits per heavy atom. The lowest BCUT2D eigenvalue weighted by atomic mass is 9.96. The number of nitrogens with one attached hydrogen (secondary N) is 4. The van der Waals surface area contributed by atoms with E-state index in [-0.39, 0.29) is 35.8 Å². The van der Waals surface area contributed by atoms with Crippen molar-refractivity contribution in [1.82, 2.24) is 15.3 Å². The molecule has 32 heavy (non-hydrogen) atoms. The summed E-state index contributed by atoms with van der Waals surface area (Å²) in [6, 6.07) is 5.16. The summed E-state index contributed by atoms with van der Waals surface area (Å²) >= 11 is 0. The van der Waals surface area contributed by atoms with E-state index in [0.717, 1.165) is 5.69 Å². The van der Waals surface area contributed by atoms with Gasteiger partial charge in [-0.2, -0.15) is 4.98 Å². The number of hydrogen-bond donors (Lipinski definition) is 7. The molecule has 0 saturated carbocycles. The van der Waals surface area contributed by atoms with Crippen LogP contribution in [-0.4, -0.2) is 57.2 Å². The quantitative estimate of drug-likeness (QED) is 0.278. The fourth-order valence-corrected chi connectivity index (χ4v) is 3.37. The van der Waals surface area contributed by atoms with Gasteiger partial charge in [0.2, 0.25) is 5.95 Å². The molecular weight excluding hydrogens is 420 g/mol. The number of aliphatic carboxylic acids is 2. The highest BCUT2D eigenvalue weighted by Crippen LogP contribution is 2.21. The Hall–Kier alpha value is -4.09. The van der Waals surface area contributed by atoms with E-state index in [4.69, 9.17) is 15.9 Å². The van der Waals surface area contributed by atoms with Crippen molar-refractivity contribution < 1.29 is 24.6 Å². The minimum atomic E-state index is -1.29. The third-order valence-electron chi connectivity index (χ3n) is 5.08. The molecule has 1 aliphatic heterocycles. The van der Waals surface area contributed by atoms with Gasteiger partial charge in [0, 0.05) is 30.8 Å². The lowest BCUT2D eigenvalue weighted by Crippen LogP contribution is -2.41. The van der Waals surface area contributed by atoms with E-state index in [1.807, 2.05) is 0 Å². The first-order valence-electron chi connectivity index (χ1n) is 9.95. The number of benzene rings is 1. The number of rotatable bonds is 9. The number of amides is 1. The van der Waals surface area contributed by atoms with Crippen LogP contribution in [0.3, 0.4) is 0 Å². The minimum Gasteiger partial charge on any atom is -0.481 e. The van der Waals surface area contributed by atoms with E-state index >= 15 is 0 Å². The van der Waals surface area contributed by atoms with Crippen LogP contribution >= 0.6 is 0 Å². The van der Waals surface area contributed by atoms with E-state index in [1.165, 1.54) is 0 Å². The van der Waals surface area contributed by atoms with Gasteiger partial charge in [0.25, 0.3) is 11.5 Å². The first-order valence-corrected chi connectivity index (χ1v) is 9.95. The maximum Gasteiger partial charge on any atom is 0.326 e. The number of carbonyl (C=O) groups excluding carboxylic acids is 1. The Balaban J connectivity index is 1.54. The number of carbonyl (C=O) groups is 3. The molecule has 12 heteroatoms. The van der Waals surface area contributed by atoms with E-state index in [0.29, 0.717) is 30.9 Å². The zero-order chi connectivity index (χ0) is 23.3. The Bertz CT molecular complexity index is 1070. The molecule has 0 radical (unpaired) electrons. The van der Waals surface area contributed by atoms with E-state index in [1.54, 1.807) is 24.3 Å². The van der Waals surface area contributed by atoms with Crippen LogP contribution in [-0.2, 0) is 16.0 Å². The molecule has 12 nitrogen and oxygen atoms in total. The van der Waals surface area contributed by atoms with Gasteiger partial charge in [-0.25, -0.2) is 4.79 Å². The number of hydrogen-bond acceptors (Lipinski definition) is 8. The third-order valence-corrected chi connectivity index (χ3v) is 5.08. The molecule has 1 amide bonds. The van der Waals surface area contributed by atoms with Crippen molar-refractivity contribution in [2.45, 2.75) is 25.3 Å². The molecule has 2 unspecified atom stereocenters. The molecule has 2 heterocycles. The van der Waals surface area contributed by atoms with Crippen molar-refractivity contribution in [3.05, 3.63) is 45.7 Å².